The lowest BCUT2D eigenvalue weighted by molar-refractivity contribution is -0.0561. The molecule has 19 heavy (non-hydrogen) atoms. The maximum absolute atomic E-state index is 11.0. The van der Waals surface area contributed by atoms with Gasteiger partial charge in [-0.15, -0.1) is 4.65 Å². The van der Waals surface area contributed by atoms with Crippen molar-refractivity contribution in [3.8, 4) is 0 Å². The molecule has 0 amide bonds. The molecule has 7 nitrogen and oxygen atoms in total. The average molecular weight is 291 g/mol. The molecule has 0 fully saturated rings. The third kappa shape index (κ3) is 3.88. The van der Waals surface area contributed by atoms with E-state index in [1.165, 1.54) is 0 Å². The molecule has 1 atom stereocenters. The Labute approximate surface area is 112 Å². The van der Waals surface area contributed by atoms with Crippen LogP contribution in [0.1, 0.15) is 12.5 Å². The molecule has 0 heterocycles. The van der Waals surface area contributed by atoms with Gasteiger partial charge in [-0.05, 0) is 29.8 Å². The molecule has 0 saturated heterocycles. The van der Waals surface area contributed by atoms with Crippen LogP contribution in [-0.4, -0.2) is 37.8 Å². The van der Waals surface area contributed by atoms with E-state index in [1.54, 1.807) is 32.0 Å². The summed E-state index contributed by atoms with van der Waals surface area (Å²) in [7, 11) is -4.66. The zero-order valence-electron chi connectivity index (χ0n) is 10.9. The van der Waals surface area contributed by atoms with Crippen LogP contribution in [0.5, 0.6) is 0 Å². The van der Waals surface area contributed by atoms with Gasteiger partial charge in [0.25, 0.3) is 0 Å². The fourth-order valence-corrected chi connectivity index (χ4v) is 2.48. The van der Waals surface area contributed by atoms with Crippen molar-refractivity contribution < 1.29 is 22.4 Å². The number of likely N-dealkylation sites (N-methyl/N-ethyl adjacent to an activating group) is 1. The third-order valence-corrected chi connectivity index (χ3v) is 3.41. The van der Waals surface area contributed by atoms with E-state index in [0.717, 1.165) is 5.56 Å². The van der Waals surface area contributed by atoms with Crippen LogP contribution in [0.25, 0.3) is 0 Å². The molecule has 1 rings (SSSR count). The normalized spacial score (nSPS) is 15.2. The molecule has 8 heteroatoms. The van der Waals surface area contributed by atoms with Gasteiger partial charge in [-0.3, -0.25) is 4.55 Å². The van der Waals surface area contributed by atoms with Crippen molar-refractivity contribution in [2.75, 3.05) is 25.4 Å². The van der Waals surface area contributed by atoms with Crippen LogP contribution >= 0.6 is 0 Å². The van der Waals surface area contributed by atoms with E-state index >= 15 is 0 Å². The number of anilines is 1. The SMILES string of the molecule is CC[N+](CCO)(OS(=O)(=O)O)c1ccc(N)c(C)c1. The Morgan fingerprint density at radius 2 is 2.05 bits per heavy atom. The van der Waals surface area contributed by atoms with Crippen molar-refractivity contribution in [1.29, 1.82) is 0 Å². The number of nitrogens with zero attached hydrogens (tertiary/aromatic N) is 1. The second-order valence-corrected chi connectivity index (χ2v) is 5.20. The summed E-state index contributed by atoms with van der Waals surface area (Å²) >= 11 is 0. The van der Waals surface area contributed by atoms with Crippen molar-refractivity contribution in [3.05, 3.63) is 23.8 Å². The summed E-state index contributed by atoms with van der Waals surface area (Å²) < 4.78 is 35.2. The molecule has 4 N–H and O–H groups in total. The summed E-state index contributed by atoms with van der Waals surface area (Å²) in [5, 5.41) is 9.12. The molecule has 1 aromatic rings. The van der Waals surface area contributed by atoms with Crippen molar-refractivity contribution in [3.63, 3.8) is 0 Å². The molecular weight excluding hydrogens is 272 g/mol. The first-order valence-electron chi connectivity index (χ1n) is 5.77. The van der Waals surface area contributed by atoms with Crippen LogP contribution in [-0.2, 0) is 14.7 Å². The van der Waals surface area contributed by atoms with Gasteiger partial charge in [-0.2, -0.15) is 8.42 Å². The maximum atomic E-state index is 11.0. The van der Waals surface area contributed by atoms with Crippen molar-refractivity contribution >= 4 is 21.8 Å². The first kappa shape index (κ1) is 15.9. The third-order valence-electron chi connectivity index (χ3n) is 2.93. The summed E-state index contributed by atoms with van der Waals surface area (Å²) in [6.07, 6.45) is 0. The lowest BCUT2D eigenvalue weighted by Crippen LogP contribution is -2.52. The van der Waals surface area contributed by atoms with Gasteiger partial charge in [0.15, 0.2) is 5.69 Å². The number of hydroxylamine groups is 2. The number of aliphatic hydroxyl groups excluding tert-OH is 1. The molecule has 0 aromatic heterocycles. The average Bonchev–Trinajstić information content (AvgIpc) is 2.30. The molecule has 0 spiro atoms. The van der Waals surface area contributed by atoms with Gasteiger partial charge < -0.3 is 10.8 Å². The standard InChI is InChI=1S/C11H18N2O5S/c1-3-13(6-7-14,18-19(15,16)17)10-4-5-11(12)9(2)8-10/h4-5,8,14H,3,6-7,12H2,1-2H3/p+1. The number of aryl methyl sites for hydroxylation is 1. The van der Waals surface area contributed by atoms with Gasteiger partial charge >= 0.3 is 10.4 Å². The van der Waals surface area contributed by atoms with Gasteiger partial charge in [0.2, 0.25) is 0 Å². The second kappa shape index (κ2) is 5.85. The lowest BCUT2D eigenvalue weighted by atomic mass is 10.1. The summed E-state index contributed by atoms with van der Waals surface area (Å²) in [6.45, 7) is 3.36. The maximum Gasteiger partial charge on any atom is 0.442 e. The molecule has 0 aliphatic rings. The van der Waals surface area contributed by atoms with E-state index < -0.39 is 15.0 Å². The minimum atomic E-state index is -4.66. The molecule has 0 bridgehead atoms. The van der Waals surface area contributed by atoms with Gasteiger partial charge in [0, 0.05) is 17.8 Å². The summed E-state index contributed by atoms with van der Waals surface area (Å²) in [5.41, 5.74) is 7.52. The fraction of sp³-hybridized carbons (Fsp3) is 0.455. The number of aliphatic hydroxyl groups is 1. The zero-order valence-corrected chi connectivity index (χ0v) is 11.7. The van der Waals surface area contributed by atoms with Gasteiger partial charge in [0.05, 0.1) is 6.61 Å². The molecule has 0 radical (unpaired) electrons. The number of hydrogen-bond donors (Lipinski definition) is 3. The predicted molar refractivity (Wildman–Crippen MR) is 72.5 cm³/mol. The van der Waals surface area contributed by atoms with Crippen LogP contribution in [0.2, 0.25) is 0 Å². The van der Waals surface area contributed by atoms with E-state index in [9.17, 15) is 8.42 Å². The number of nitrogens with two attached hydrogens (primary N) is 1. The fourth-order valence-electron chi connectivity index (χ4n) is 1.86. The Hall–Kier alpha value is -1.19. The quantitative estimate of drug-likeness (QED) is 0.307. The number of benzene rings is 1. The Morgan fingerprint density at radius 3 is 2.47 bits per heavy atom. The Morgan fingerprint density at radius 1 is 1.42 bits per heavy atom. The van der Waals surface area contributed by atoms with Gasteiger partial charge in [0.1, 0.15) is 13.1 Å². The van der Waals surface area contributed by atoms with E-state index in [0.29, 0.717) is 11.4 Å². The summed E-state index contributed by atoms with van der Waals surface area (Å²) in [4.78, 5) is 0. The Kier molecular flexibility index (Phi) is 4.88. The highest BCUT2D eigenvalue weighted by atomic mass is 32.3. The van der Waals surface area contributed by atoms with Crippen LogP contribution in [0.15, 0.2) is 18.2 Å². The molecule has 1 unspecified atom stereocenters. The van der Waals surface area contributed by atoms with Crippen LogP contribution < -0.4 is 10.4 Å². The van der Waals surface area contributed by atoms with Crippen LogP contribution in [0.4, 0.5) is 11.4 Å². The second-order valence-electron chi connectivity index (χ2n) is 4.20. The van der Waals surface area contributed by atoms with Crippen molar-refractivity contribution in [2.24, 2.45) is 0 Å². The monoisotopic (exact) mass is 291 g/mol. The van der Waals surface area contributed by atoms with E-state index in [1.807, 2.05) is 0 Å². The van der Waals surface area contributed by atoms with E-state index in [4.69, 9.17) is 19.7 Å². The van der Waals surface area contributed by atoms with E-state index in [-0.39, 0.29) is 19.7 Å². The van der Waals surface area contributed by atoms with Crippen molar-refractivity contribution in [1.82, 2.24) is 4.65 Å². The highest BCUT2D eigenvalue weighted by Crippen LogP contribution is 2.28. The highest BCUT2D eigenvalue weighted by molar-refractivity contribution is 7.80. The summed E-state index contributed by atoms with van der Waals surface area (Å²) in [6, 6.07) is 4.89. The number of quaternary nitrogens is 1. The highest BCUT2D eigenvalue weighted by Gasteiger charge is 2.36. The molecule has 1 aromatic carbocycles. The number of hydrogen-bond acceptors (Lipinski definition) is 5. The first-order chi connectivity index (χ1) is 8.74. The lowest BCUT2D eigenvalue weighted by Gasteiger charge is -2.31. The first-order valence-corrected chi connectivity index (χ1v) is 7.14. The molecule has 108 valence electrons. The van der Waals surface area contributed by atoms with E-state index in [2.05, 4.69) is 0 Å². The molecule has 0 aliphatic heterocycles. The molecular formula is C11H19N2O5S+. The topological polar surface area (TPSA) is 110 Å². The molecule has 0 aliphatic carbocycles. The zero-order chi connectivity index (χ0) is 14.7. The van der Waals surface area contributed by atoms with Crippen LogP contribution in [0, 0.1) is 6.92 Å². The molecule has 0 saturated carbocycles. The Bertz CT molecular complexity index is 546. The number of nitrogen functional groups attached to an aromatic ring is 1. The Balaban J connectivity index is 3.32. The summed E-state index contributed by atoms with van der Waals surface area (Å²) in [5.74, 6) is 0. The number of rotatable bonds is 6. The largest absolute Gasteiger partial charge is 0.442 e. The van der Waals surface area contributed by atoms with Crippen LogP contribution in [0.3, 0.4) is 0 Å². The minimum Gasteiger partial charge on any atom is -0.399 e. The van der Waals surface area contributed by atoms with Gasteiger partial charge in [-0.1, -0.05) is 0 Å². The smallest absolute Gasteiger partial charge is 0.399 e. The minimum absolute atomic E-state index is 0.0142. The van der Waals surface area contributed by atoms with Gasteiger partial charge in [-0.25, -0.2) is 0 Å². The van der Waals surface area contributed by atoms with Crippen molar-refractivity contribution in [2.45, 2.75) is 13.8 Å². The predicted octanol–water partition coefficient (Wildman–Crippen LogP) is 0.631.